The number of benzene rings is 1. The number of hydrogen-bond acceptors (Lipinski definition) is 3. The van der Waals surface area contributed by atoms with Crippen molar-refractivity contribution < 1.29 is 4.74 Å². The average molecular weight is 260 g/mol. The molecule has 1 aliphatic carbocycles. The molecule has 0 heterocycles. The van der Waals surface area contributed by atoms with E-state index < -0.39 is 0 Å². The van der Waals surface area contributed by atoms with Crippen LogP contribution in [-0.4, -0.2) is 26.4 Å². The van der Waals surface area contributed by atoms with Crippen LogP contribution in [-0.2, 0) is 0 Å². The molecule has 0 radical (unpaired) electrons. The molecule has 0 spiro atoms. The lowest BCUT2D eigenvalue weighted by molar-refractivity contribution is 0.414. The zero-order valence-corrected chi connectivity index (χ0v) is 12.2. The largest absolute Gasteiger partial charge is 0.497 e. The van der Waals surface area contributed by atoms with Gasteiger partial charge in [0.15, 0.2) is 0 Å². The van der Waals surface area contributed by atoms with Crippen LogP contribution in [0, 0.1) is 6.92 Å². The fraction of sp³-hybridized carbons (Fsp3) is 0.562. The Balaban J connectivity index is 2.21. The van der Waals surface area contributed by atoms with E-state index in [1.165, 1.54) is 37.7 Å². The lowest BCUT2D eigenvalue weighted by atomic mass is 9.96. The van der Waals surface area contributed by atoms with Crippen molar-refractivity contribution in [3.8, 4) is 5.75 Å². The summed E-state index contributed by atoms with van der Waals surface area (Å²) in [5, 5.41) is 3.26. The summed E-state index contributed by atoms with van der Waals surface area (Å²) in [6.07, 6.45) is 8.47. The lowest BCUT2D eigenvalue weighted by Gasteiger charge is -2.18. The number of hydrogen-bond donors (Lipinski definition) is 1. The van der Waals surface area contributed by atoms with Crippen LogP contribution in [0.25, 0.3) is 0 Å². The summed E-state index contributed by atoms with van der Waals surface area (Å²) < 4.78 is 5.34. The molecule has 1 aromatic rings. The van der Waals surface area contributed by atoms with Crippen LogP contribution in [0.2, 0.25) is 0 Å². The molecular formula is C16H24N2O. The van der Waals surface area contributed by atoms with Crippen molar-refractivity contribution in [1.82, 2.24) is 0 Å². The van der Waals surface area contributed by atoms with Crippen LogP contribution >= 0.6 is 0 Å². The van der Waals surface area contributed by atoms with Crippen LogP contribution in [0.1, 0.15) is 43.2 Å². The third-order valence-electron chi connectivity index (χ3n) is 3.82. The van der Waals surface area contributed by atoms with Gasteiger partial charge in [-0.3, -0.25) is 4.99 Å². The fourth-order valence-electron chi connectivity index (χ4n) is 2.76. The van der Waals surface area contributed by atoms with Gasteiger partial charge in [-0.2, -0.15) is 0 Å². The van der Waals surface area contributed by atoms with Crippen LogP contribution < -0.4 is 10.1 Å². The Kier molecular flexibility index (Phi) is 4.83. The van der Waals surface area contributed by atoms with E-state index in [-0.39, 0.29) is 0 Å². The van der Waals surface area contributed by atoms with Gasteiger partial charge in [0.2, 0.25) is 0 Å². The first kappa shape index (κ1) is 13.9. The maximum Gasteiger partial charge on any atom is 0.119 e. The van der Waals surface area contributed by atoms with E-state index in [0.717, 1.165) is 17.0 Å². The van der Waals surface area contributed by atoms with E-state index in [0.29, 0.717) is 6.04 Å². The number of methoxy groups -OCH3 is 1. The molecule has 1 aliphatic rings. The molecule has 104 valence electrons. The smallest absolute Gasteiger partial charge is 0.119 e. The number of aliphatic imine (C=N–C) groups is 1. The number of aryl methyl sites for hydroxylation is 1. The SMILES string of the molecule is CNc1c(C)cc(OC)cc1C=NC1CCCCC1. The highest BCUT2D eigenvalue weighted by Gasteiger charge is 2.12. The topological polar surface area (TPSA) is 33.6 Å². The average Bonchev–Trinajstić information content (AvgIpc) is 2.45. The predicted octanol–water partition coefficient (Wildman–Crippen LogP) is 3.80. The summed E-state index contributed by atoms with van der Waals surface area (Å²) in [4.78, 5) is 4.76. The van der Waals surface area contributed by atoms with Gasteiger partial charge in [-0.05, 0) is 37.5 Å². The Morgan fingerprint density at radius 3 is 2.63 bits per heavy atom. The van der Waals surface area contributed by atoms with Gasteiger partial charge in [0.1, 0.15) is 5.75 Å². The molecule has 0 amide bonds. The minimum absolute atomic E-state index is 0.505. The standard InChI is InChI=1S/C16H24N2O/c1-12-9-15(19-3)10-13(16(12)17-2)11-18-14-7-5-4-6-8-14/h9-11,14,17H,4-8H2,1-3H3. The molecule has 2 rings (SSSR count). The summed E-state index contributed by atoms with van der Waals surface area (Å²) in [7, 11) is 3.66. The predicted molar refractivity (Wildman–Crippen MR) is 81.7 cm³/mol. The summed E-state index contributed by atoms with van der Waals surface area (Å²) in [6, 6.07) is 4.60. The molecule has 0 atom stereocenters. The third kappa shape index (κ3) is 3.49. The number of anilines is 1. The van der Waals surface area contributed by atoms with E-state index in [1.807, 2.05) is 25.4 Å². The van der Waals surface area contributed by atoms with E-state index in [1.54, 1.807) is 7.11 Å². The quantitative estimate of drug-likeness (QED) is 0.835. The highest BCUT2D eigenvalue weighted by molar-refractivity contribution is 5.89. The first-order valence-corrected chi connectivity index (χ1v) is 7.14. The van der Waals surface area contributed by atoms with Gasteiger partial charge in [-0.1, -0.05) is 19.3 Å². The normalized spacial score (nSPS) is 16.8. The van der Waals surface area contributed by atoms with Crippen molar-refractivity contribution in [1.29, 1.82) is 0 Å². The second-order valence-electron chi connectivity index (χ2n) is 5.23. The molecule has 0 aromatic heterocycles. The fourth-order valence-corrected chi connectivity index (χ4v) is 2.76. The third-order valence-corrected chi connectivity index (χ3v) is 3.82. The Labute approximate surface area is 116 Å². The second kappa shape index (κ2) is 6.60. The molecule has 19 heavy (non-hydrogen) atoms. The molecular weight excluding hydrogens is 236 g/mol. The van der Waals surface area contributed by atoms with Gasteiger partial charge in [0.05, 0.1) is 7.11 Å². The highest BCUT2D eigenvalue weighted by Crippen LogP contribution is 2.26. The molecule has 0 bridgehead atoms. The van der Waals surface area contributed by atoms with Crippen molar-refractivity contribution in [3.63, 3.8) is 0 Å². The zero-order valence-electron chi connectivity index (χ0n) is 12.2. The molecule has 0 aliphatic heterocycles. The molecule has 3 nitrogen and oxygen atoms in total. The first-order chi connectivity index (χ1) is 9.24. The van der Waals surface area contributed by atoms with Crippen molar-refractivity contribution in [2.45, 2.75) is 45.1 Å². The number of rotatable bonds is 4. The zero-order chi connectivity index (χ0) is 13.7. The maximum absolute atomic E-state index is 5.34. The van der Waals surface area contributed by atoms with Crippen molar-refractivity contribution in [3.05, 3.63) is 23.3 Å². The summed E-state index contributed by atoms with van der Waals surface area (Å²) in [6.45, 7) is 2.09. The molecule has 1 saturated carbocycles. The Morgan fingerprint density at radius 1 is 1.26 bits per heavy atom. The van der Waals surface area contributed by atoms with Crippen molar-refractivity contribution in [2.75, 3.05) is 19.5 Å². The van der Waals surface area contributed by atoms with Gasteiger partial charge in [0.25, 0.3) is 0 Å². The molecule has 1 N–H and O–H groups in total. The summed E-state index contributed by atoms with van der Waals surface area (Å²) in [5.74, 6) is 0.890. The van der Waals surface area contributed by atoms with Crippen molar-refractivity contribution in [2.24, 2.45) is 4.99 Å². The van der Waals surface area contributed by atoms with Crippen molar-refractivity contribution >= 4 is 11.9 Å². The molecule has 0 unspecified atom stereocenters. The van der Waals surface area contributed by atoms with Gasteiger partial charge < -0.3 is 10.1 Å². The monoisotopic (exact) mass is 260 g/mol. The summed E-state index contributed by atoms with van der Waals surface area (Å²) in [5.41, 5.74) is 3.44. The number of ether oxygens (including phenoxy) is 1. The van der Waals surface area contributed by atoms with Crippen LogP contribution in [0.15, 0.2) is 17.1 Å². The minimum Gasteiger partial charge on any atom is -0.497 e. The van der Waals surface area contributed by atoms with Gasteiger partial charge in [-0.15, -0.1) is 0 Å². The maximum atomic E-state index is 5.34. The second-order valence-corrected chi connectivity index (χ2v) is 5.23. The first-order valence-electron chi connectivity index (χ1n) is 7.14. The van der Waals surface area contributed by atoms with Gasteiger partial charge in [-0.25, -0.2) is 0 Å². The Morgan fingerprint density at radius 2 is 2.00 bits per heavy atom. The van der Waals surface area contributed by atoms with Crippen LogP contribution in [0.4, 0.5) is 5.69 Å². The highest BCUT2D eigenvalue weighted by atomic mass is 16.5. The lowest BCUT2D eigenvalue weighted by Crippen LogP contribution is -2.10. The van der Waals surface area contributed by atoms with Crippen LogP contribution in [0.3, 0.4) is 0 Å². The van der Waals surface area contributed by atoms with E-state index >= 15 is 0 Å². The van der Waals surface area contributed by atoms with E-state index in [4.69, 9.17) is 9.73 Å². The molecule has 0 saturated heterocycles. The van der Waals surface area contributed by atoms with Crippen LogP contribution in [0.5, 0.6) is 5.75 Å². The molecule has 1 fully saturated rings. The van der Waals surface area contributed by atoms with Gasteiger partial charge >= 0.3 is 0 Å². The minimum atomic E-state index is 0.505. The Bertz CT molecular complexity index is 448. The number of nitrogens with zero attached hydrogens (tertiary/aromatic N) is 1. The Hall–Kier alpha value is -1.51. The van der Waals surface area contributed by atoms with E-state index in [2.05, 4.69) is 12.2 Å². The molecule has 3 heteroatoms. The van der Waals surface area contributed by atoms with Gasteiger partial charge in [0, 0.05) is 30.6 Å². The number of nitrogens with one attached hydrogen (secondary N) is 1. The van der Waals surface area contributed by atoms with E-state index in [9.17, 15) is 0 Å². The summed E-state index contributed by atoms with van der Waals surface area (Å²) >= 11 is 0. The molecule has 1 aromatic carbocycles.